The molecule has 67 heavy (non-hydrogen) atoms. The Morgan fingerprint density at radius 3 is 1.57 bits per heavy atom. The summed E-state index contributed by atoms with van der Waals surface area (Å²) in [6, 6.07) is 70.1. The molecule has 332 valence electrons. The molecular formula is C60H55BBrN3O2. The first-order valence-corrected chi connectivity index (χ1v) is 24.2. The van der Waals surface area contributed by atoms with Crippen LogP contribution >= 0.6 is 15.9 Å². The lowest BCUT2D eigenvalue weighted by Crippen LogP contribution is -2.46. The maximum atomic E-state index is 7.19. The van der Waals surface area contributed by atoms with E-state index in [0.717, 1.165) is 38.4 Å². The molecule has 0 aliphatic carbocycles. The molecule has 8 aromatic rings. The van der Waals surface area contributed by atoms with E-state index in [9.17, 15) is 0 Å². The van der Waals surface area contributed by atoms with Gasteiger partial charge in [-0.15, -0.1) is 0 Å². The molecule has 1 saturated heterocycles. The number of nitrogens with zero attached hydrogens (tertiary/aromatic N) is 3. The van der Waals surface area contributed by atoms with Crippen LogP contribution in [-0.2, 0) is 26.6 Å². The standard InChI is InChI=1S/C60H55BBrN3O2/c1-57(2)49-25-17-18-26-53(49)64(46-23-15-10-16-24-46)55-35-28-42(38-51(55)57)61-66-59(5,6)60(7,67-61)40-41-27-34-54-50(37-41)58(3,4)52-39-43(62)29-36-56(52)65(54)48-32-30-47(31-33-48)63(44-19-11-8-12-20-44)45-21-13-9-14-22-45/h8-39H,40H2,1-7H3. The molecule has 3 aliphatic heterocycles. The normalized spacial score (nSPS) is 18.4. The van der Waals surface area contributed by atoms with E-state index >= 15 is 0 Å². The number of halogens is 1. The number of anilines is 9. The molecule has 8 aromatic carbocycles. The van der Waals surface area contributed by atoms with Gasteiger partial charge in [-0.3, -0.25) is 0 Å². The third-order valence-electron chi connectivity index (χ3n) is 14.9. The highest BCUT2D eigenvalue weighted by Gasteiger charge is 2.55. The molecule has 0 N–H and O–H groups in total. The summed E-state index contributed by atoms with van der Waals surface area (Å²) >= 11 is 3.84. The van der Waals surface area contributed by atoms with Crippen LogP contribution in [-0.4, -0.2) is 18.3 Å². The van der Waals surface area contributed by atoms with E-state index in [1.54, 1.807) is 0 Å². The van der Waals surface area contributed by atoms with E-state index in [1.807, 2.05) is 0 Å². The Morgan fingerprint density at radius 2 is 0.925 bits per heavy atom. The SMILES string of the molecule is CC1(C)c2cc(Br)ccc2N(c2ccc(N(c3ccccc3)c3ccccc3)cc2)c2ccc(CC3(C)OB(c4ccc5c(c4)C(C)(C)c4ccccc4N5c4ccccc4)OC3(C)C)cc21. The van der Waals surface area contributed by atoms with Crippen molar-refractivity contribution >= 4 is 79.7 Å². The summed E-state index contributed by atoms with van der Waals surface area (Å²) in [6.45, 7) is 16.0. The summed E-state index contributed by atoms with van der Waals surface area (Å²) in [7, 11) is -0.528. The van der Waals surface area contributed by atoms with Crippen molar-refractivity contribution in [3.63, 3.8) is 0 Å². The molecule has 5 nitrogen and oxygen atoms in total. The number of hydrogen-bond donors (Lipinski definition) is 0. The Balaban J connectivity index is 0.926. The zero-order valence-corrected chi connectivity index (χ0v) is 40.9. The minimum atomic E-state index is -0.626. The lowest BCUT2D eigenvalue weighted by Gasteiger charge is -2.43. The first kappa shape index (κ1) is 43.2. The van der Waals surface area contributed by atoms with Crippen molar-refractivity contribution in [2.45, 2.75) is 76.9 Å². The molecule has 0 bridgehead atoms. The van der Waals surface area contributed by atoms with Gasteiger partial charge < -0.3 is 24.0 Å². The van der Waals surface area contributed by atoms with Crippen LogP contribution in [0.1, 0.15) is 76.3 Å². The van der Waals surface area contributed by atoms with E-state index < -0.39 is 18.3 Å². The van der Waals surface area contributed by atoms with Crippen LogP contribution in [0.25, 0.3) is 0 Å². The van der Waals surface area contributed by atoms with Gasteiger partial charge >= 0.3 is 7.12 Å². The number of benzene rings is 8. The summed E-state index contributed by atoms with van der Waals surface area (Å²) in [5.41, 5.74) is 15.9. The van der Waals surface area contributed by atoms with Crippen LogP contribution < -0.4 is 20.2 Å². The fourth-order valence-electron chi connectivity index (χ4n) is 10.8. The molecule has 0 amide bonds. The molecule has 1 unspecified atom stereocenters. The van der Waals surface area contributed by atoms with Gasteiger partial charge in [0, 0.05) is 50.2 Å². The second-order valence-corrected chi connectivity index (χ2v) is 21.0. The van der Waals surface area contributed by atoms with E-state index in [1.165, 1.54) is 50.6 Å². The molecule has 1 atom stereocenters. The quantitative estimate of drug-likeness (QED) is 0.142. The molecule has 7 heteroatoms. The fourth-order valence-corrected chi connectivity index (χ4v) is 11.2. The van der Waals surface area contributed by atoms with E-state index in [0.29, 0.717) is 6.42 Å². The average Bonchev–Trinajstić information content (AvgIpc) is 3.58. The van der Waals surface area contributed by atoms with Gasteiger partial charge in [-0.1, -0.05) is 141 Å². The highest BCUT2D eigenvalue weighted by molar-refractivity contribution is 9.10. The number of fused-ring (bicyclic) bond motifs is 4. The Bertz CT molecular complexity index is 3100. The maximum Gasteiger partial charge on any atom is 0.494 e. The second-order valence-electron chi connectivity index (χ2n) is 20.1. The summed E-state index contributed by atoms with van der Waals surface area (Å²) in [4.78, 5) is 7.12. The molecular weight excluding hydrogens is 885 g/mol. The molecule has 0 saturated carbocycles. The molecule has 0 radical (unpaired) electrons. The van der Waals surface area contributed by atoms with Crippen molar-refractivity contribution in [2.24, 2.45) is 0 Å². The van der Waals surface area contributed by atoms with Crippen molar-refractivity contribution in [3.8, 4) is 0 Å². The van der Waals surface area contributed by atoms with Gasteiger partial charge in [-0.25, -0.2) is 0 Å². The predicted molar refractivity (Wildman–Crippen MR) is 283 cm³/mol. The lowest BCUT2D eigenvalue weighted by molar-refractivity contribution is -0.00878. The number of hydrogen-bond acceptors (Lipinski definition) is 5. The largest absolute Gasteiger partial charge is 0.494 e. The van der Waals surface area contributed by atoms with E-state index in [-0.39, 0.29) is 10.8 Å². The highest BCUT2D eigenvalue weighted by atomic mass is 79.9. The molecule has 3 aliphatic rings. The van der Waals surface area contributed by atoms with Crippen LogP contribution in [0.3, 0.4) is 0 Å². The van der Waals surface area contributed by atoms with Crippen molar-refractivity contribution in [2.75, 3.05) is 14.7 Å². The van der Waals surface area contributed by atoms with Gasteiger partial charge in [0.1, 0.15) is 0 Å². The Morgan fingerprint density at radius 1 is 0.448 bits per heavy atom. The van der Waals surface area contributed by atoms with Crippen molar-refractivity contribution in [1.29, 1.82) is 0 Å². The summed E-state index contributed by atoms with van der Waals surface area (Å²) < 4.78 is 15.2. The van der Waals surface area contributed by atoms with Gasteiger partial charge in [0.2, 0.25) is 0 Å². The van der Waals surface area contributed by atoms with E-state index in [4.69, 9.17) is 9.31 Å². The van der Waals surface area contributed by atoms with Crippen LogP contribution in [0.15, 0.2) is 199 Å². The van der Waals surface area contributed by atoms with Crippen LogP contribution in [0.2, 0.25) is 0 Å². The Hall–Kier alpha value is -6.38. The smallest absolute Gasteiger partial charge is 0.399 e. The Labute approximate surface area is 404 Å². The van der Waals surface area contributed by atoms with Crippen LogP contribution in [0, 0.1) is 0 Å². The molecule has 3 heterocycles. The molecule has 11 rings (SSSR count). The third-order valence-corrected chi connectivity index (χ3v) is 15.4. The molecule has 0 aromatic heterocycles. The minimum absolute atomic E-state index is 0.241. The predicted octanol–water partition coefficient (Wildman–Crippen LogP) is 15.7. The summed E-state index contributed by atoms with van der Waals surface area (Å²) in [6.07, 6.45) is 0.681. The fraction of sp³-hybridized carbons (Fsp3) is 0.200. The van der Waals surface area contributed by atoms with E-state index in [2.05, 4.69) is 273 Å². The third kappa shape index (κ3) is 7.22. The van der Waals surface area contributed by atoms with Crippen molar-refractivity contribution < 1.29 is 9.31 Å². The van der Waals surface area contributed by atoms with Gasteiger partial charge in [0.05, 0.1) is 34.0 Å². The zero-order chi connectivity index (χ0) is 46.3. The molecule has 1 fully saturated rings. The van der Waals surface area contributed by atoms with Gasteiger partial charge in [0.15, 0.2) is 0 Å². The second kappa shape index (κ2) is 16.2. The first-order chi connectivity index (χ1) is 32.2. The lowest BCUT2D eigenvalue weighted by atomic mass is 9.69. The van der Waals surface area contributed by atoms with Crippen LogP contribution in [0.4, 0.5) is 51.2 Å². The minimum Gasteiger partial charge on any atom is -0.399 e. The number of rotatable bonds is 8. The van der Waals surface area contributed by atoms with Gasteiger partial charge in [-0.2, -0.15) is 0 Å². The topological polar surface area (TPSA) is 28.2 Å². The van der Waals surface area contributed by atoms with Gasteiger partial charge in [-0.05, 0) is 151 Å². The number of para-hydroxylation sites is 4. The summed E-state index contributed by atoms with van der Waals surface area (Å²) in [5, 5.41) is 0. The molecule has 0 spiro atoms. The average molecular weight is 941 g/mol. The van der Waals surface area contributed by atoms with Gasteiger partial charge in [0.25, 0.3) is 0 Å². The van der Waals surface area contributed by atoms with Crippen molar-refractivity contribution in [3.05, 3.63) is 226 Å². The highest BCUT2D eigenvalue weighted by Crippen LogP contribution is 2.55. The monoisotopic (exact) mass is 939 g/mol. The van der Waals surface area contributed by atoms with Crippen molar-refractivity contribution in [1.82, 2.24) is 0 Å². The maximum absolute atomic E-state index is 7.19. The first-order valence-electron chi connectivity index (χ1n) is 23.4. The zero-order valence-electron chi connectivity index (χ0n) is 39.3. The summed E-state index contributed by atoms with van der Waals surface area (Å²) in [5.74, 6) is 0. The van der Waals surface area contributed by atoms with Crippen LogP contribution in [0.5, 0.6) is 0 Å². The Kier molecular flexibility index (Phi) is 10.4.